The summed E-state index contributed by atoms with van der Waals surface area (Å²) in [5.74, 6) is 0.386. The van der Waals surface area contributed by atoms with Crippen LogP contribution in [0.1, 0.15) is 34.1 Å². The highest BCUT2D eigenvalue weighted by Crippen LogP contribution is 2.19. The van der Waals surface area contributed by atoms with Crippen LogP contribution in [0.15, 0.2) is 0 Å². The molecule has 2 N–H and O–H groups in total. The van der Waals surface area contributed by atoms with E-state index in [1.165, 1.54) is 0 Å². The van der Waals surface area contributed by atoms with Crippen LogP contribution in [0.25, 0.3) is 0 Å². The highest BCUT2D eigenvalue weighted by Gasteiger charge is 2.27. The zero-order valence-corrected chi connectivity index (χ0v) is 9.68. The third kappa shape index (κ3) is 2.98. The van der Waals surface area contributed by atoms with Crippen molar-refractivity contribution in [3.8, 4) is 0 Å². The quantitative estimate of drug-likeness (QED) is 0.699. The maximum atomic E-state index is 11.8. The summed E-state index contributed by atoms with van der Waals surface area (Å²) in [5.41, 5.74) is 0.141. The van der Waals surface area contributed by atoms with Crippen molar-refractivity contribution in [2.45, 2.75) is 40.2 Å². The molecule has 1 amide bonds. The van der Waals surface area contributed by atoms with Crippen molar-refractivity contribution < 1.29 is 4.79 Å². The Balaban J connectivity index is 2.40. The third-order valence-corrected chi connectivity index (χ3v) is 3.09. The number of amides is 1. The van der Waals surface area contributed by atoms with Crippen LogP contribution < -0.4 is 10.6 Å². The van der Waals surface area contributed by atoms with Gasteiger partial charge in [0.05, 0.1) is 5.92 Å². The molecule has 0 radical (unpaired) electrons. The van der Waals surface area contributed by atoms with E-state index in [0.717, 1.165) is 19.5 Å². The summed E-state index contributed by atoms with van der Waals surface area (Å²) >= 11 is 0. The van der Waals surface area contributed by atoms with Crippen LogP contribution in [0.3, 0.4) is 0 Å². The average Bonchev–Trinajstić information content (AvgIpc) is 2.53. The summed E-state index contributed by atoms with van der Waals surface area (Å²) in [4.78, 5) is 11.8. The Morgan fingerprint density at radius 2 is 2.14 bits per heavy atom. The molecule has 1 aliphatic heterocycles. The monoisotopic (exact) mass is 198 g/mol. The average molecular weight is 198 g/mol. The maximum absolute atomic E-state index is 11.8. The van der Waals surface area contributed by atoms with E-state index in [0.29, 0.717) is 0 Å². The van der Waals surface area contributed by atoms with Gasteiger partial charge in [0.2, 0.25) is 5.91 Å². The third-order valence-electron chi connectivity index (χ3n) is 3.09. The lowest BCUT2D eigenvalue weighted by molar-refractivity contribution is -0.125. The smallest absolute Gasteiger partial charge is 0.224 e. The van der Waals surface area contributed by atoms with Crippen LogP contribution in [0.5, 0.6) is 0 Å². The van der Waals surface area contributed by atoms with E-state index in [-0.39, 0.29) is 23.3 Å². The lowest BCUT2D eigenvalue weighted by Crippen LogP contribution is -2.44. The Bertz CT molecular complexity index is 202. The van der Waals surface area contributed by atoms with E-state index < -0.39 is 0 Å². The summed E-state index contributed by atoms with van der Waals surface area (Å²) in [5, 5.41) is 6.29. The molecule has 0 aliphatic carbocycles. The molecular formula is C11H22N2O. The molecular weight excluding hydrogens is 176 g/mol. The second-order valence-electron chi connectivity index (χ2n) is 5.29. The van der Waals surface area contributed by atoms with E-state index in [1.54, 1.807) is 0 Å². The summed E-state index contributed by atoms with van der Waals surface area (Å²) < 4.78 is 0. The fourth-order valence-corrected chi connectivity index (χ4v) is 1.43. The van der Waals surface area contributed by atoms with Gasteiger partial charge in [0.25, 0.3) is 0 Å². The van der Waals surface area contributed by atoms with Crippen LogP contribution in [-0.2, 0) is 4.79 Å². The lowest BCUT2D eigenvalue weighted by Gasteiger charge is -2.29. The molecule has 1 aliphatic rings. The Morgan fingerprint density at radius 3 is 2.57 bits per heavy atom. The van der Waals surface area contributed by atoms with E-state index in [1.807, 2.05) is 0 Å². The van der Waals surface area contributed by atoms with Crippen molar-refractivity contribution in [3.63, 3.8) is 0 Å². The number of carbonyl (C=O) groups excluding carboxylic acids is 1. The number of rotatable bonds is 2. The molecule has 1 saturated heterocycles. The van der Waals surface area contributed by atoms with Crippen LogP contribution in [-0.4, -0.2) is 25.0 Å². The van der Waals surface area contributed by atoms with E-state index in [4.69, 9.17) is 0 Å². The molecule has 14 heavy (non-hydrogen) atoms. The molecule has 1 rings (SSSR count). The molecule has 1 unspecified atom stereocenters. The SMILES string of the molecule is CC(NC(=O)[C@@H]1CCNC1)C(C)(C)C. The van der Waals surface area contributed by atoms with Crippen LogP contribution >= 0.6 is 0 Å². The Labute approximate surface area is 86.6 Å². The molecule has 1 fully saturated rings. The fraction of sp³-hybridized carbons (Fsp3) is 0.909. The van der Waals surface area contributed by atoms with Crippen molar-refractivity contribution in [2.24, 2.45) is 11.3 Å². The van der Waals surface area contributed by atoms with Gasteiger partial charge in [-0.2, -0.15) is 0 Å². The maximum Gasteiger partial charge on any atom is 0.224 e. The highest BCUT2D eigenvalue weighted by atomic mass is 16.2. The first-order chi connectivity index (χ1) is 6.41. The van der Waals surface area contributed by atoms with Crippen LogP contribution in [0, 0.1) is 11.3 Å². The molecule has 3 nitrogen and oxygen atoms in total. The Kier molecular flexibility index (Phi) is 3.53. The van der Waals surface area contributed by atoms with Crippen molar-refractivity contribution in [2.75, 3.05) is 13.1 Å². The first-order valence-corrected chi connectivity index (χ1v) is 5.42. The molecule has 0 spiro atoms. The number of hydrogen-bond donors (Lipinski definition) is 2. The first-order valence-electron chi connectivity index (χ1n) is 5.42. The standard InChI is InChI=1S/C11H22N2O/c1-8(11(2,3)4)13-10(14)9-5-6-12-7-9/h8-9,12H,5-7H2,1-4H3,(H,13,14)/t8?,9-/m1/s1. The van der Waals surface area contributed by atoms with Crippen molar-refractivity contribution in [1.29, 1.82) is 0 Å². The van der Waals surface area contributed by atoms with Crippen LogP contribution in [0.4, 0.5) is 0 Å². The van der Waals surface area contributed by atoms with Gasteiger partial charge in [0, 0.05) is 12.6 Å². The van der Waals surface area contributed by atoms with Gasteiger partial charge in [-0.3, -0.25) is 4.79 Å². The van der Waals surface area contributed by atoms with Gasteiger partial charge in [0.15, 0.2) is 0 Å². The zero-order chi connectivity index (χ0) is 10.8. The van der Waals surface area contributed by atoms with Crippen LogP contribution in [0.2, 0.25) is 0 Å². The molecule has 0 bridgehead atoms. The minimum atomic E-state index is 0.141. The van der Waals surface area contributed by atoms with Gasteiger partial charge in [-0.1, -0.05) is 20.8 Å². The lowest BCUT2D eigenvalue weighted by atomic mass is 9.87. The number of hydrogen-bond acceptors (Lipinski definition) is 2. The first kappa shape index (κ1) is 11.5. The fourth-order valence-electron chi connectivity index (χ4n) is 1.43. The topological polar surface area (TPSA) is 41.1 Å². The minimum absolute atomic E-state index is 0.141. The summed E-state index contributed by atoms with van der Waals surface area (Å²) in [7, 11) is 0. The molecule has 2 atom stereocenters. The van der Waals surface area contributed by atoms with E-state index in [2.05, 4.69) is 38.3 Å². The summed E-state index contributed by atoms with van der Waals surface area (Å²) in [6, 6.07) is 0.232. The Hall–Kier alpha value is -0.570. The van der Waals surface area contributed by atoms with Gasteiger partial charge in [0.1, 0.15) is 0 Å². The van der Waals surface area contributed by atoms with Gasteiger partial charge >= 0.3 is 0 Å². The highest BCUT2D eigenvalue weighted by molar-refractivity contribution is 5.79. The minimum Gasteiger partial charge on any atom is -0.353 e. The molecule has 0 aromatic carbocycles. The van der Waals surface area contributed by atoms with Gasteiger partial charge in [-0.25, -0.2) is 0 Å². The molecule has 3 heteroatoms. The molecule has 0 aromatic rings. The molecule has 0 saturated carbocycles. The largest absolute Gasteiger partial charge is 0.353 e. The second-order valence-corrected chi connectivity index (χ2v) is 5.29. The summed E-state index contributed by atoms with van der Waals surface area (Å²) in [6.07, 6.45) is 0.975. The molecule has 0 aromatic heterocycles. The predicted molar refractivity (Wildman–Crippen MR) is 58.0 cm³/mol. The zero-order valence-electron chi connectivity index (χ0n) is 9.68. The predicted octanol–water partition coefficient (Wildman–Crippen LogP) is 1.15. The molecule has 1 heterocycles. The number of nitrogens with one attached hydrogen (secondary N) is 2. The van der Waals surface area contributed by atoms with Gasteiger partial charge in [-0.05, 0) is 25.3 Å². The summed E-state index contributed by atoms with van der Waals surface area (Å²) in [6.45, 7) is 10.3. The number of carbonyl (C=O) groups is 1. The molecule has 82 valence electrons. The van der Waals surface area contributed by atoms with E-state index >= 15 is 0 Å². The van der Waals surface area contributed by atoms with E-state index in [9.17, 15) is 4.79 Å². The normalized spacial score (nSPS) is 24.7. The van der Waals surface area contributed by atoms with Gasteiger partial charge in [-0.15, -0.1) is 0 Å². The van der Waals surface area contributed by atoms with Crippen molar-refractivity contribution in [1.82, 2.24) is 10.6 Å². The Morgan fingerprint density at radius 1 is 1.50 bits per heavy atom. The second kappa shape index (κ2) is 4.30. The van der Waals surface area contributed by atoms with Crippen molar-refractivity contribution >= 4 is 5.91 Å². The van der Waals surface area contributed by atoms with Gasteiger partial charge < -0.3 is 10.6 Å². The van der Waals surface area contributed by atoms with Crippen molar-refractivity contribution in [3.05, 3.63) is 0 Å².